The molecule has 2 N–H and O–H groups in total. The fourth-order valence-electron chi connectivity index (χ4n) is 3.08. The summed E-state index contributed by atoms with van der Waals surface area (Å²) < 4.78 is 49.6. The molecule has 0 bridgehead atoms. The standard InChI is InChI=1S/C23H23FN2O6S/c1-31-18-8-4-16(5-9-18)12-13-25-22(27)23(28)26-15-21(20-3-2-14-32-20)33(29,30)19-10-6-17(24)7-11-19/h2-11,14,21H,12-13,15H2,1H3,(H,25,27)(H,26,28)/t21-/m1/s1. The van der Waals surface area contributed by atoms with E-state index in [-0.39, 0.29) is 17.2 Å². The summed E-state index contributed by atoms with van der Waals surface area (Å²) in [5.74, 6) is -1.65. The molecular weight excluding hydrogens is 451 g/mol. The first kappa shape index (κ1) is 24.0. The normalized spacial score (nSPS) is 12.1. The summed E-state index contributed by atoms with van der Waals surface area (Å²) in [6.45, 7) is -0.188. The van der Waals surface area contributed by atoms with Gasteiger partial charge in [-0.2, -0.15) is 0 Å². The molecule has 0 spiro atoms. The molecule has 3 aromatic rings. The lowest BCUT2D eigenvalue weighted by molar-refractivity contribution is -0.139. The highest BCUT2D eigenvalue weighted by Gasteiger charge is 2.32. The van der Waals surface area contributed by atoms with E-state index in [4.69, 9.17) is 9.15 Å². The van der Waals surface area contributed by atoms with Crippen LogP contribution in [0.1, 0.15) is 16.6 Å². The number of ether oxygens (including phenoxy) is 1. The molecule has 0 unspecified atom stereocenters. The van der Waals surface area contributed by atoms with Crippen molar-refractivity contribution in [3.05, 3.63) is 84.1 Å². The fourth-order valence-corrected chi connectivity index (χ4v) is 4.67. The van der Waals surface area contributed by atoms with Crippen LogP contribution in [0, 0.1) is 5.82 Å². The Balaban J connectivity index is 1.60. The highest BCUT2D eigenvalue weighted by atomic mass is 32.2. The Morgan fingerprint density at radius 1 is 1.00 bits per heavy atom. The predicted octanol–water partition coefficient (Wildman–Crippen LogP) is 2.42. The van der Waals surface area contributed by atoms with Gasteiger partial charge in [0.25, 0.3) is 0 Å². The number of nitrogens with one attached hydrogen (secondary N) is 2. The Bertz CT molecular complexity index is 1180. The van der Waals surface area contributed by atoms with Crippen LogP contribution in [0.15, 0.2) is 76.2 Å². The second kappa shape index (κ2) is 10.8. The highest BCUT2D eigenvalue weighted by Crippen LogP contribution is 2.29. The van der Waals surface area contributed by atoms with Crippen LogP contribution >= 0.6 is 0 Å². The second-order valence-electron chi connectivity index (χ2n) is 7.07. The van der Waals surface area contributed by atoms with Crippen molar-refractivity contribution in [1.29, 1.82) is 0 Å². The Morgan fingerprint density at radius 2 is 1.67 bits per heavy atom. The van der Waals surface area contributed by atoms with Gasteiger partial charge in [0.05, 0.1) is 18.3 Å². The highest BCUT2D eigenvalue weighted by molar-refractivity contribution is 7.91. The maximum atomic E-state index is 13.2. The SMILES string of the molecule is COc1ccc(CCNC(=O)C(=O)NC[C@H](c2ccco2)S(=O)(=O)c2ccc(F)cc2)cc1. The lowest BCUT2D eigenvalue weighted by atomic mass is 10.1. The number of amides is 2. The largest absolute Gasteiger partial charge is 0.497 e. The van der Waals surface area contributed by atoms with Crippen molar-refractivity contribution >= 4 is 21.7 Å². The third-order valence-electron chi connectivity index (χ3n) is 4.89. The Labute approximate surface area is 190 Å². The van der Waals surface area contributed by atoms with E-state index in [0.29, 0.717) is 12.2 Å². The molecule has 1 atom stereocenters. The molecule has 174 valence electrons. The van der Waals surface area contributed by atoms with Crippen LogP contribution in [0.3, 0.4) is 0 Å². The summed E-state index contributed by atoms with van der Waals surface area (Å²) in [6, 6.07) is 14.6. The molecule has 10 heteroatoms. The molecule has 8 nitrogen and oxygen atoms in total. The van der Waals surface area contributed by atoms with Crippen molar-refractivity contribution in [2.24, 2.45) is 0 Å². The topological polar surface area (TPSA) is 115 Å². The zero-order valence-electron chi connectivity index (χ0n) is 17.8. The Morgan fingerprint density at radius 3 is 2.27 bits per heavy atom. The third-order valence-corrected chi connectivity index (χ3v) is 6.97. The van der Waals surface area contributed by atoms with Gasteiger partial charge >= 0.3 is 11.8 Å². The zero-order chi connectivity index (χ0) is 23.8. The quantitative estimate of drug-likeness (QED) is 0.364. The van der Waals surface area contributed by atoms with Gasteiger partial charge in [0, 0.05) is 13.1 Å². The van der Waals surface area contributed by atoms with Gasteiger partial charge < -0.3 is 19.8 Å². The number of halogens is 1. The molecule has 2 aromatic carbocycles. The van der Waals surface area contributed by atoms with Crippen LogP contribution in [0.5, 0.6) is 5.75 Å². The minimum Gasteiger partial charge on any atom is -0.497 e. The molecule has 0 aliphatic rings. The van der Waals surface area contributed by atoms with Gasteiger partial charge in [-0.15, -0.1) is 0 Å². The van der Waals surface area contributed by atoms with Gasteiger partial charge in [-0.05, 0) is 60.5 Å². The summed E-state index contributed by atoms with van der Waals surface area (Å²) in [7, 11) is -2.47. The minimum atomic E-state index is -4.04. The molecule has 0 saturated carbocycles. The minimum absolute atomic E-state index is 0.0829. The van der Waals surface area contributed by atoms with E-state index in [9.17, 15) is 22.4 Å². The molecule has 0 aliphatic heterocycles. The van der Waals surface area contributed by atoms with Crippen molar-refractivity contribution in [3.8, 4) is 5.75 Å². The van der Waals surface area contributed by atoms with E-state index >= 15 is 0 Å². The summed E-state index contributed by atoms with van der Waals surface area (Å²) in [5.41, 5.74) is 0.944. The van der Waals surface area contributed by atoms with Gasteiger partial charge in [-0.25, -0.2) is 12.8 Å². The molecule has 1 aromatic heterocycles. The van der Waals surface area contributed by atoms with E-state index in [1.807, 2.05) is 12.1 Å². The molecule has 0 radical (unpaired) electrons. The van der Waals surface area contributed by atoms with Crippen LogP contribution in [-0.2, 0) is 25.8 Å². The molecule has 33 heavy (non-hydrogen) atoms. The van der Waals surface area contributed by atoms with Gasteiger partial charge in [-0.1, -0.05) is 12.1 Å². The average molecular weight is 475 g/mol. The number of sulfone groups is 1. The van der Waals surface area contributed by atoms with Crippen molar-refractivity contribution < 1.29 is 31.6 Å². The Hall–Kier alpha value is -3.66. The van der Waals surface area contributed by atoms with Crippen LogP contribution in [-0.4, -0.2) is 40.4 Å². The molecule has 0 saturated heterocycles. The monoisotopic (exact) mass is 474 g/mol. The lowest BCUT2D eigenvalue weighted by Crippen LogP contribution is -2.42. The van der Waals surface area contributed by atoms with E-state index in [1.165, 1.54) is 18.4 Å². The van der Waals surface area contributed by atoms with Crippen LogP contribution < -0.4 is 15.4 Å². The van der Waals surface area contributed by atoms with E-state index < -0.39 is 39.3 Å². The number of carbonyl (C=O) groups is 2. The van der Waals surface area contributed by atoms with Gasteiger partial charge in [0.1, 0.15) is 22.6 Å². The van der Waals surface area contributed by atoms with Gasteiger partial charge in [0.2, 0.25) is 0 Å². The number of benzene rings is 2. The number of rotatable bonds is 9. The van der Waals surface area contributed by atoms with Crippen molar-refractivity contribution in [1.82, 2.24) is 10.6 Å². The number of hydrogen-bond donors (Lipinski definition) is 2. The summed E-state index contributed by atoms with van der Waals surface area (Å²) in [4.78, 5) is 24.2. The molecule has 0 fully saturated rings. The number of carbonyl (C=O) groups excluding carboxylic acids is 2. The van der Waals surface area contributed by atoms with E-state index in [0.717, 1.165) is 29.8 Å². The maximum absolute atomic E-state index is 13.2. The maximum Gasteiger partial charge on any atom is 0.309 e. The number of methoxy groups -OCH3 is 1. The summed E-state index contributed by atoms with van der Waals surface area (Å²) in [6.07, 6.45) is 1.80. The molecule has 3 rings (SSSR count). The molecule has 1 heterocycles. The first-order chi connectivity index (χ1) is 15.8. The van der Waals surface area contributed by atoms with Gasteiger partial charge in [0.15, 0.2) is 9.84 Å². The van der Waals surface area contributed by atoms with Crippen molar-refractivity contribution in [2.75, 3.05) is 20.2 Å². The van der Waals surface area contributed by atoms with Crippen molar-refractivity contribution in [3.63, 3.8) is 0 Å². The average Bonchev–Trinajstić information content (AvgIpc) is 3.34. The molecule has 2 amide bonds. The van der Waals surface area contributed by atoms with E-state index in [1.54, 1.807) is 19.2 Å². The summed E-state index contributed by atoms with van der Waals surface area (Å²) in [5, 5.41) is 3.54. The first-order valence-corrected chi connectivity index (χ1v) is 11.6. The molecular formula is C23H23FN2O6S. The molecule has 0 aliphatic carbocycles. The van der Waals surface area contributed by atoms with Gasteiger partial charge in [-0.3, -0.25) is 9.59 Å². The smallest absolute Gasteiger partial charge is 0.309 e. The fraction of sp³-hybridized carbons (Fsp3) is 0.217. The summed E-state index contributed by atoms with van der Waals surface area (Å²) >= 11 is 0. The van der Waals surface area contributed by atoms with Crippen LogP contribution in [0.25, 0.3) is 0 Å². The van der Waals surface area contributed by atoms with Crippen LogP contribution in [0.4, 0.5) is 4.39 Å². The second-order valence-corrected chi connectivity index (χ2v) is 9.20. The third kappa shape index (κ3) is 6.19. The lowest BCUT2D eigenvalue weighted by Gasteiger charge is -2.16. The first-order valence-electron chi connectivity index (χ1n) is 10.0. The zero-order valence-corrected chi connectivity index (χ0v) is 18.6. The van der Waals surface area contributed by atoms with E-state index in [2.05, 4.69) is 10.6 Å². The number of hydrogen-bond acceptors (Lipinski definition) is 6. The predicted molar refractivity (Wildman–Crippen MR) is 118 cm³/mol. The Kier molecular flexibility index (Phi) is 7.83. The number of furan rings is 1. The van der Waals surface area contributed by atoms with Crippen molar-refractivity contribution in [2.45, 2.75) is 16.6 Å². The van der Waals surface area contributed by atoms with Crippen LogP contribution in [0.2, 0.25) is 0 Å².